The average molecular weight is 324 g/mol. The van der Waals surface area contributed by atoms with E-state index in [0.29, 0.717) is 0 Å². The van der Waals surface area contributed by atoms with Crippen molar-refractivity contribution >= 4 is 11.5 Å². The molecule has 1 aromatic heterocycles. The van der Waals surface area contributed by atoms with Gasteiger partial charge in [-0.1, -0.05) is 18.2 Å². The molecule has 1 N–H and O–H groups in total. The lowest BCUT2D eigenvalue weighted by Gasteiger charge is -2.36. The van der Waals surface area contributed by atoms with Crippen LogP contribution >= 0.6 is 0 Å². The third-order valence-electron chi connectivity index (χ3n) is 4.58. The Hall–Kier alpha value is -2.07. The average Bonchev–Trinajstić information content (AvgIpc) is 2.59. The van der Waals surface area contributed by atoms with Crippen molar-refractivity contribution in [3.63, 3.8) is 0 Å². The molecule has 1 aromatic carbocycles. The zero-order chi connectivity index (χ0) is 16.8. The van der Waals surface area contributed by atoms with E-state index < -0.39 is 0 Å². The first-order chi connectivity index (χ1) is 11.7. The van der Waals surface area contributed by atoms with Gasteiger partial charge in [-0.2, -0.15) is 0 Å². The van der Waals surface area contributed by atoms with E-state index in [-0.39, 0.29) is 0 Å². The van der Waals surface area contributed by atoms with E-state index in [9.17, 15) is 0 Å². The van der Waals surface area contributed by atoms with E-state index >= 15 is 0 Å². The van der Waals surface area contributed by atoms with Crippen molar-refractivity contribution in [1.29, 1.82) is 0 Å². The molecular formula is C20H28N4. The quantitative estimate of drug-likeness (QED) is 0.826. The molecule has 0 unspecified atom stereocenters. The normalized spacial score (nSPS) is 15.5. The summed E-state index contributed by atoms with van der Waals surface area (Å²) in [4.78, 5) is 9.54. The monoisotopic (exact) mass is 324 g/mol. The number of hydrogen-bond donors (Lipinski definition) is 1. The molecule has 1 saturated heterocycles. The van der Waals surface area contributed by atoms with Crippen molar-refractivity contribution < 1.29 is 0 Å². The van der Waals surface area contributed by atoms with Crippen LogP contribution in [0.15, 0.2) is 42.5 Å². The number of nitrogens with one attached hydrogen (secondary N) is 1. The summed E-state index contributed by atoms with van der Waals surface area (Å²) in [6, 6.07) is 14.9. The minimum atomic E-state index is 0.981. The molecule has 128 valence electrons. The van der Waals surface area contributed by atoms with Crippen molar-refractivity contribution in [1.82, 2.24) is 9.88 Å². The lowest BCUT2D eigenvalue weighted by molar-refractivity contribution is 0.257. The zero-order valence-corrected chi connectivity index (χ0v) is 14.8. The lowest BCUT2D eigenvalue weighted by Crippen LogP contribution is -2.46. The van der Waals surface area contributed by atoms with Gasteiger partial charge < -0.3 is 10.2 Å². The standard InChI is InChI=1S/C20H28N4/c1-17-6-3-8-19(16-17)24-14-12-23(13-15-24)11-5-10-21-20-9-4-7-18(2)22-20/h3-4,6-9,16H,5,10-15H2,1-2H3,(H,21,22). The minimum absolute atomic E-state index is 0.981. The first-order valence-corrected chi connectivity index (χ1v) is 8.92. The van der Waals surface area contributed by atoms with E-state index in [2.05, 4.69) is 57.4 Å². The van der Waals surface area contributed by atoms with Crippen LogP contribution in [0.3, 0.4) is 0 Å². The van der Waals surface area contributed by atoms with Gasteiger partial charge in [0.15, 0.2) is 0 Å². The van der Waals surface area contributed by atoms with Gasteiger partial charge in [-0.25, -0.2) is 4.98 Å². The molecule has 0 radical (unpaired) electrons. The van der Waals surface area contributed by atoms with Crippen LogP contribution in [0.5, 0.6) is 0 Å². The van der Waals surface area contributed by atoms with Gasteiger partial charge in [0, 0.05) is 44.1 Å². The Morgan fingerprint density at radius 2 is 1.79 bits per heavy atom. The maximum Gasteiger partial charge on any atom is 0.126 e. The van der Waals surface area contributed by atoms with Crippen molar-refractivity contribution in [2.24, 2.45) is 0 Å². The molecule has 0 aliphatic carbocycles. The molecule has 24 heavy (non-hydrogen) atoms. The third-order valence-corrected chi connectivity index (χ3v) is 4.58. The van der Waals surface area contributed by atoms with Gasteiger partial charge in [0.25, 0.3) is 0 Å². The smallest absolute Gasteiger partial charge is 0.126 e. The van der Waals surface area contributed by atoms with Crippen LogP contribution in [-0.2, 0) is 0 Å². The van der Waals surface area contributed by atoms with Crippen LogP contribution in [0.4, 0.5) is 11.5 Å². The van der Waals surface area contributed by atoms with Crippen LogP contribution in [0.1, 0.15) is 17.7 Å². The van der Waals surface area contributed by atoms with Crippen molar-refractivity contribution in [2.75, 3.05) is 49.5 Å². The van der Waals surface area contributed by atoms with Crippen molar-refractivity contribution in [3.8, 4) is 0 Å². The highest BCUT2D eigenvalue weighted by atomic mass is 15.3. The van der Waals surface area contributed by atoms with Crippen LogP contribution < -0.4 is 10.2 Å². The fourth-order valence-electron chi connectivity index (χ4n) is 3.21. The SMILES string of the molecule is Cc1cccc(N2CCN(CCCNc3cccc(C)n3)CC2)c1. The molecule has 0 amide bonds. The highest BCUT2D eigenvalue weighted by molar-refractivity contribution is 5.48. The van der Waals surface area contributed by atoms with Gasteiger partial charge in [-0.05, 0) is 56.6 Å². The van der Waals surface area contributed by atoms with Gasteiger partial charge in [0.05, 0.1) is 0 Å². The summed E-state index contributed by atoms with van der Waals surface area (Å²) in [5.74, 6) is 0.985. The number of benzene rings is 1. The number of hydrogen-bond acceptors (Lipinski definition) is 4. The Morgan fingerprint density at radius 1 is 1.00 bits per heavy atom. The Kier molecular flexibility index (Phi) is 5.70. The molecule has 1 aliphatic heterocycles. The number of aromatic nitrogens is 1. The molecule has 2 aromatic rings. The summed E-state index contributed by atoms with van der Waals surface area (Å²) in [5.41, 5.74) is 3.76. The van der Waals surface area contributed by atoms with Crippen LogP contribution in [0, 0.1) is 13.8 Å². The first-order valence-electron chi connectivity index (χ1n) is 8.92. The van der Waals surface area contributed by atoms with Crippen LogP contribution in [0.2, 0.25) is 0 Å². The molecule has 4 heteroatoms. The minimum Gasteiger partial charge on any atom is -0.370 e. The van der Waals surface area contributed by atoms with Gasteiger partial charge in [-0.3, -0.25) is 4.90 Å². The van der Waals surface area contributed by atoms with Crippen LogP contribution in [-0.4, -0.2) is 49.2 Å². The second-order valence-corrected chi connectivity index (χ2v) is 6.61. The van der Waals surface area contributed by atoms with Crippen molar-refractivity contribution in [3.05, 3.63) is 53.7 Å². The highest BCUT2D eigenvalue weighted by Gasteiger charge is 2.16. The fraction of sp³-hybridized carbons (Fsp3) is 0.450. The Labute approximate surface area is 145 Å². The first kappa shape index (κ1) is 16.8. The van der Waals surface area contributed by atoms with E-state index in [1.54, 1.807) is 0 Å². The molecule has 2 heterocycles. The van der Waals surface area contributed by atoms with Crippen LogP contribution in [0.25, 0.3) is 0 Å². The van der Waals surface area contributed by atoms with E-state index in [1.807, 2.05) is 19.1 Å². The maximum absolute atomic E-state index is 4.48. The summed E-state index contributed by atoms with van der Waals surface area (Å²) < 4.78 is 0. The summed E-state index contributed by atoms with van der Waals surface area (Å²) in [6.45, 7) is 10.9. The largest absolute Gasteiger partial charge is 0.370 e. The molecule has 1 fully saturated rings. The second kappa shape index (κ2) is 8.15. The van der Waals surface area contributed by atoms with E-state index in [4.69, 9.17) is 0 Å². The zero-order valence-electron chi connectivity index (χ0n) is 14.8. The second-order valence-electron chi connectivity index (χ2n) is 6.61. The number of aryl methyl sites for hydroxylation is 2. The summed E-state index contributed by atoms with van der Waals surface area (Å²) in [5, 5.41) is 3.42. The number of anilines is 2. The number of piperazine rings is 1. The number of rotatable bonds is 6. The molecule has 0 bridgehead atoms. The number of pyridine rings is 1. The predicted octanol–water partition coefficient (Wildman–Crippen LogP) is 3.32. The molecular weight excluding hydrogens is 296 g/mol. The van der Waals surface area contributed by atoms with E-state index in [1.165, 1.54) is 11.3 Å². The molecule has 1 aliphatic rings. The maximum atomic E-state index is 4.48. The molecule has 4 nitrogen and oxygen atoms in total. The van der Waals surface area contributed by atoms with E-state index in [0.717, 1.165) is 57.2 Å². The van der Waals surface area contributed by atoms with Gasteiger partial charge >= 0.3 is 0 Å². The molecule has 0 atom stereocenters. The molecule has 3 rings (SSSR count). The number of nitrogens with zero attached hydrogens (tertiary/aromatic N) is 3. The van der Waals surface area contributed by atoms with Crippen molar-refractivity contribution in [2.45, 2.75) is 20.3 Å². The molecule has 0 saturated carbocycles. The Morgan fingerprint density at radius 3 is 2.54 bits per heavy atom. The topological polar surface area (TPSA) is 31.4 Å². The Bertz CT molecular complexity index is 648. The summed E-state index contributed by atoms with van der Waals surface area (Å²) in [6.07, 6.45) is 1.15. The summed E-state index contributed by atoms with van der Waals surface area (Å²) >= 11 is 0. The Balaban J connectivity index is 1.37. The highest BCUT2D eigenvalue weighted by Crippen LogP contribution is 2.17. The summed E-state index contributed by atoms with van der Waals surface area (Å²) in [7, 11) is 0. The fourth-order valence-corrected chi connectivity index (χ4v) is 3.21. The van der Waals surface area contributed by atoms with Gasteiger partial charge in [0.1, 0.15) is 5.82 Å². The lowest BCUT2D eigenvalue weighted by atomic mass is 10.2. The van der Waals surface area contributed by atoms with Gasteiger partial charge in [-0.15, -0.1) is 0 Å². The third kappa shape index (κ3) is 4.71. The predicted molar refractivity (Wildman–Crippen MR) is 102 cm³/mol. The van der Waals surface area contributed by atoms with Gasteiger partial charge in [0.2, 0.25) is 0 Å². The molecule has 0 spiro atoms.